The van der Waals surface area contributed by atoms with Gasteiger partial charge >= 0.3 is 5.97 Å². The van der Waals surface area contributed by atoms with E-state index < -0.39 is 48.6 Å². The second kappa shape index (κ2) is 27.5. The first kappa shape index (κ1) is 42.6. The molecule has 10 nitrogen and oxygen atoms in total. The summed E-state index contributed by atoms with van der Waals surface area (Å²) in [5.74, 6) is -1.54. The van der Waals surface area contributed by atoms with E-state index in [-0.39, 0.29) is 6.10 Å². The number of nitrogens with two attached hydrogens (primary N) is 1. The molecule has 266 valence electrons. The van der Waals surface area contributed by atoms with Gasteiger partial charge in [-0.05, 0) is 39.7 Å². The van der Waals surface area contributed by atoms with Gasteiger partial charge in [-0.1, -0.05) is 140 Å². The lowest BCUT2D eigenvalue weighted by molar-refractivity contribution is -0.302. The zero-order valence-electron chi connectivity index (χ0n) is 28.2. The van der Waals surface area contributed by atoms with E-state index in [0.29, 0.717) is 25.8 Å². The number of carboxylic acid groups (broad SMARTS) is 1. The Kier molecular flexibility index (Phi) is 23.9. The zero-order chi connectivity index (χ0) is 36.1. The molecule has 0 aromatic carbocycles. The monoisotopic (exact) mass is 676 g/mol. The minimum absolute atomic E-state index is 0.244. The summed E-state index contributed by atoms with van der Waals surface area (Å²) in [6.07, 6.45) is 40.1. The van der Waals surface area contributed by atoms with Gasteiger partial charge in [-0.15, -0.1) is 0 Å². The number of hydrogen-bond donors (Lipinski definition) is 6. The Morgan fingerprint density at radius 1 is 0.714 bits per heavy atom. The summed E-state index contributed by atoms with van der Waals surface area (Å²) in [7, 11) is 0. The maximum atomic E-state index is 11.8. The van der Waals surface area contributed by atoms with Crippen LogP contribution in [0.4, 0.5) is 0 Å². The number of aliphatic hydroxyl groups is 3. The molecule has 1 fully saturated rings. The molecule has 7 N–H and O–H groups in total. The van der Waals surface area contributed by atoms with Crippen molar-refractivity contribution >= 4 is 11.9 Å². The van der Waals surface area contributed by atoms with E-state index in [4.69, 9.17) is 20.3 Å². The number of amides is 1. The molecule has 0 radical (unpaired) electrons. The summed E-state index contributed by atoms with van der Waals surface area (Å²) in [5, 5.41) is 41.2. The van der Waals surface area contributed by atoms with Crippen molar-refractivity contribution in [1.82, 2.24) is 5.32 Å². The fourth-order valence-electron chi connectivity index (χ4n) is 3.98. The second-order valence-electron chi connectivity index (χ2n) is 10.8. The quantitative estimate of drug-likeness (QED) is 0.0752. The topological polar surface area (TPSA) is 172 Å². The summed E-state index contributed by atoms with van der Waals surface area (Å²) in [6.45, 7) is 3.84. The number of aliphatic carboxylic acids is 1. The van der Waals surface area contributed by atoms with Crippen LogP contribution in [0.5, 0.6) is 0 Å². The number of ether oxygens (including phenoxy) is 2. The van der Waals surface area contributed by atoms with Crippen molar-refractivity contribution in [3.8, 4) is 0 Å². The predicted molar refractivity (Wildman–Crippen MR) is 195 cm³/mol. The van der Waals surface area contributed by atoms with Crippen molar-refractivity contribution in [3.63, 3.8) is 0 Å². The number of aliphatic hydroxyl groups excluding tert-OH is 3. The van der Waals surface area contributed by atoms with Crippen molar-refractivity contribution in [1.29, 1.82) is 0 Å². The number of carbonyl (C=O) groups is 2. The van der Waals surface area contributed by atoms with Crippen molar-refractivity contribution in [3.05, 3.63) is 146 Å². The molecule has 0 spiro atoms. The van der Waals surface area contributed by atoms with Crippen molar-refractivity contribution in [2.24, 2.45) is 5.73 Å². The predicted octanol–water partition coefficient (Wildman–Crippen LogP) is 4.59. The molecule has 1 aliphatic rings. The average Bonchev–Trinajstić information content (AvgIpc) is 3.07. The van der Waals surface area contributed by atoms with Gasteiger partial charge in [-0.25, -0.2) is 4.79 Å². The molecule has 0 unspecified atom stereocenters. The third-order valence-corrected chi connectivity index (χ3v) is 6.67. The number of rotatable bonds is 21. The van der Waals surface area contributed by atoms with Crippen LogP contribution in [0.25, 0.3) is 0 Å². The molecule has 1 heterocycles. The Morgan fingerprint density at radius 3 is 1.57 bits per heavy atom. The largest absolute Gasteiger partial charge is 0.480 e. The third-order valence-electron chi connectivity index (χ3n) is 6.67. The van der Waals surface area contributed by atoms with Gasteiger partial charge in [0.25, 0.3) is 0 Å². The highest BCUT2D eigenvalue weighted by molar-refractivity contribution is 5.91. The Hall–Kier alpha value is -4.42. The molecule has 0 aromatic heterocycles. The standard InChI is InChI=1S/C39H52N2O8/c1-31(48-39-37(45)36(44)35(43)32(2)49-39)27-24-22-20-18-16-14-12-10-8-6-4-3-5-7-9-11-13-15-17-19-21-23-25-29-34(42)41-33(38(46)47)28-26-30-40/h3-25,29,31-33,35-37,39,43-45H,26-28,30,40H2,1-2H3,(H,41,42)(H,46,47)/b4-3+,7-5+,8-6+,11-9+,12-10+,15-13+,16-14+,19-17+,20-18+,23-21+,24-22+,29-25+/t31-,32-,33-,35-,36+,37+,39-/m0/s1. The minimum atomic E-state index is -1.30. The molecule has 1 amide bonds. The molecule has 1 rings (SSSR count). The van der Waals surface area contributed by atoms with Crippen LogP contribution >= 0.6 is 0 Å². The molecule has 49 heavy (non-hydrogen) atoms. The Labute approximate surface area is 290 Å². The second-order valence-corrected chi connectivity index (χ2v) is 10.8. The number of hydrogen-bond acceptors (Lipinski definition) is 8. The van der Waals surface area contributed by atoms with Crippen LogP contribution in [0, 0.1) is 0 Å². The van der Waals surface area contributed by atoms with Gasteiger partial charge in [0.1, 0.15) is 24.4 Å². The first-order valence-corrected chi connectivity index (χ1v) is 16.3. The van der Waals surface area contributed by atoms with Gasteiger partial charge in [-0.2, -0.15) is 0 Å². The number of carbonyl (C=O) groups excluding carboxylic acids is 1. The summed E-state index contributed by atoms with van der Waals surface area (Å²) < 4.78 is 11.1. The van der Waals surface area contributed by atoms with E-state index in [1.165, 1.54) is 6.08 Å². The molecule has 0 saturated carbocycles. The van der Waals surface area contributed by atoms with Crippen LogP contribution in [-0.2, 0) is 19.1 Å². The molecule has 1 aliphatic heterocycles. The van der Waals surface area contributed by atoms with Crippen LogP contribution < -0.4 is 11.1 Å². The van der Waals surface area contributed by atoms with E-state index in [9.17, 15) is 24.9 Å². The van der Waals surface area contributed by atoms with E-state index in [0.717, 1.165) is 0 Å². The Bertz CT molecular complexity index is 1320. The fourth-order valence-corrected chi connectivity index (χ4v) is 3.98. The molecule has 0 bridgehead atoms. The van der Waals surface area contributed by atoms with E-state index >= 15 is 0 Å². The molecule has 0 aliphatic carbocycles. The van der Waals surface area contributed by atoms with Crippen LogP contribution in [0.3, 0.4) is 0 Å². The summed E-state index contributed by atoms with van der Waals surface area (Å²) >= 11 is 0. The summed E-state index contributed by atoms with van der Waals surface area (Å²) in [5.41, 5.74) is 5.39. The lowest BCUT2D eigenvalue weighted by atomic mass is 10.00. The molecule has 1 saturated heterocycles. The number of nitrogens with one attached hydrogen (secondary N) is 1. The van der Waals surface area contributed by atoms with Gasteiger partial charge < -0.3 is 41.0 Å². The lowest BCUT2D eigenvalue weighted by Crippen LogP contribution is -2.57. The molecule has 10 heteroatoms. The lowest BCUT2D eigenvalue weighted by Gasteiger charge is -2.39. The Morgan fingerprint density at radius 2 is 1.14 bits per heavy atom. The van der Waals surface area contributed by atoms with E-state index in [1.54, 1.807) is 25.2 Å². The van der Waals surface area contributed by atoms with Crippen molar-refractivity contribution < 1.29 is 39.5 Å². The minimum Gasteiger partial charge on any atom is -0.480 e. The first-order chi connectivity index (χ1) is 23.7. The SMILES string of the molecule is C[C@@H]1O[C@H](O[C@@H](C)C/C=C/C=C/C=C/C=C/C=C/C=C/C=C/C=C/C=C/C=C/C=C/C=C/C(=O)N[C@@H](CCCN)C(=O)O)[C@H](O)[C@H](O)[C@H]1O. The Balaban J connectivity index is 2.20. The molecular formula is C39H52N2O8. The van der Waals surface area contributed by atoms with Crippen molar-refractivity contribution in [2.75, 3.05) is 6.54 Å². The smallest absolute Gasteiger partial charge is 0.326 e. The van der Waals surface area contributed by atoms with Crippen LogP contribution in [-0.4, -0.2) is 81.7 Å². The van der Waals surface area contributed by atoms with Gasteiger partial charge in [0, 0.05) is 6.08 Å². The van der Waals surface area contributed by atoms with E-state index in [1.807, 2.05) is 128 Å². The van der Waals surface area contributed by atoms with Crippen LogP contribution in [0.15, 0.2) is 146 Å². The van der Waals surface area contributed by atoms with Gasteiger partial charge in [0.05, 0.1) is 12.2 Å². The summed E-state index contributed by atoms with van der Waals surface area (Å²) in [6, 6.07) is -0.941. The molecule has 7 atom stereocenters. The highest BCUT2D eigenvalue weighted by Crippen LogP contribution is 2.23. The van der Waals surface area contributed by atoms with Gasteiger partial charge in [0.2, 0.25) is 5.91 Å². The van der Waals surface area contributed by atoms with Crippen LogP contribution in [0.2, 0.25) is 0 Å². The highest BCUT2D eigenvalue weighted by atomic mass is 16.7. The fraction of sp³-hybridized carbons (Fsp3) is 0.333. The van der Waals surface area contributed by atoms with Crippen LogP contribution in [0.1, 0.15) is 33.1 Å². The average molecular weight is 677 g/mol. The normalized spacial score (nSPS) is 24.2. The van der Waals surface area contributed by atoms with Gasteiger partial charge in [0.15, 0.2) is 6.29 Å². The maximum Gasteiger partial charge on any atom is 0.326 e. The van der Waals surface area contributed by atoms with Gasteiger partial charge in [-0.3, -0.25) is 4.79 Å². The molecule has 0 aromatic rings. The zero-order valence-corrected chi connectivity index (χ0v) is 28.2. The summed E-state index contributed by atoms with van der Waals surface area (Å²) in [4.78, 5) is 22.9. The van der Waals surface area contributed by atoms with E-state index in [2.05, 4.69) is 5.32 Å². The highest BCUT2D eigenvalue weighted by Gasteiger charge is 2.42. The third kappa shape index (κ3) is 21.2. The number of carboxylic acids is 1. The maximum absolute atomic E-state index is 11.8. The number of allylic oxidation sites excluding steroid dienone is 22. The van der Waals surface area contributed by atoms with Crippen molar-refractivity contribution in [2.45, 2.75) is 76.0 Å². The molecular weight excluding hydrogens is 624 g/mol. The first-order valence-electron chi connectivity index (χ1n) is 16.3.